The summed E-state index contributed by atoms with van der Waals surface area (Å²) in [5, 5.41) is 0.514. The van der Waals surface area contributed by atoms with Crippen molar-refractivity contribution < 1.29 is 4.79 Å². The Kier molecular flexibility index (Phi) is 6.05. The Labute approximate surface area is 119 Å². The van der Waals surface area contributed by atoms with Crippen LogP contribution in [-0.4, -0.2) is 42.5 Å². The van der Waals surface area contributed by atoms with Crippen LogP contribution in [0.2, 0.25) is 5.02 Å². The van der Waals surface area contributed by atoms with Crippen molar-refractivity contribution in [2.24, 2.45) is 5.73 Å². The van der Waals surface area contributed by atoms with E-state index in [1.165, 1.54) is 0 Å². The van der Waals surface area contributed by atoms with Gasteiger partial charge < -0.3 is 15.5 Å². The third kappa shape index (κ3) is 3.81. The van der Waals surface area contributed by atoms with Gasteiger partial charge in [-0.3, -0.25) is 4.79 Å². The van der Waals surface area contributed by atoms with Crippen LogP contribution >= 0.6 is 11.6 Å². The van der Waals surface area contributed by atoms with Crippen LogP contribution in [0, 0.1) is 0 Å². The van der Waals surface area contributed by atoms with E-state index in [0.29, 0.717) is 30.5 Å². The number of aromatic nitrogens is 1. The van der Waals surface area contributed by atoms with Gasteiger partial charge in [-0.05, 0) is 25.5 Å². The van der Waals surface area contributed by atoms with Gasteiger partial charge in [-0.1, -0.05) is 11.6 Å². The van der Waals surface area contributed by atoms with Crippen molar-refractivity contribution in [3.63, 3.8) is 0 Å². The molecule has 1 aromatic rings. The van der Waals surface area contributed by atoms with E-state index in [2.05, 4.69) is 4.98 Å². The predicted octanol–water partition coefficient (Wildman–Crippen LogP) is 1.50. The number of pyridine rings is 1. The molecule has 2 N–H and O–H groups in total. The second-order valence-corrected chi connectivity index (χ2v) is 4.61. The van der Waals surface area contributed by atoms with Crippen LogP contribution in [0.4, 0.5) is 5.82 Å². The number of hydrogen-bond donors (Lipinski definition) is 1. The molecule has 0 spiro atoms. The Morgan fingerprint density at radius 1 is 1.42 bits per heavy atom. The maximum atomic E-state index is 12.0. The summed E-state index contributed by atoms with van der Waals surface area (Å²) in [6.45, 7) is 5.93. The van der Waals surface area contributed by atoms with Gasteiger partial charge in [0, 0.05) is 32.9 Å². The zero-order valence-electron chi connectivity index (χ0n) is 11.7. The van der Waals surface area contributed by atoms with Crippen molar-refractivity contribution >= 4 is 23.3 Å². The van der Waals surface area contributed by atoms with Gasteiger partial charge >= 0.3 is 0 Å². The molecule has 0 bridgehead atoms. The lowest BCUT2D eigenvalue weighted by Gasteiger charge is -2.24. The van der Waals surface area contributed by atoms with E-state index in [9.17, 15) is 4.79 Å². The number of nitrogens with zero attached hydrogens (tertiary/aromatic N) is 3. The van der Waals surface area contributed by atoms with E-state index in [0.717, 1.165) is 5.56 Å². The average molecular weight is 285 g/mol. The van der Waals surface area contributed by atoms with E-state index in [1.807, 2.05) is 13.8 Å². The van der Waals surface area contributed by atoms with Gasteiger partial charge in [0.15, 0.2) is 0 Å². The van der Waals surface area contributed by atoms with Gasteiger partial charge in [-0.2, -0.15) is 0 Å². The van der Waals surface area contributed by atoms with Crippen LogP contribution < -0.4 is 10.6 Å². The number of amides is 1. The first-order valence-electron chi connectivity index (χ1n) is 6.37. The van der Waals surface area contributed by atoms with Crippen molar-refractivity contribution in [3.05, 3.63) is 22.8 Å². The third-order valence-corrected chi connectivity index (χ3v) is 3.43. The van der Waals surface area contributed by atoms with Crippen LogP contribution in [0.3, 0.4) is 0 Å². The molecule has 19 heavy (non-hydrogen) atoms. The summed E-state index contributed by atoms with van der Waals surface area (Å²) in [6.07, 6.45) is 1.65. The summed E-state index contributed by atoms with van der Waals surface area (Å²) in [7, 11) is 1.80. The molecule has 1 aromatic heterocycles. The van der Waals surface area contributed by atoms with E-state index in [4.69, 9.17) is 17.3 Å². The van der Waals surface area contributed by atoms with Crippen LogP contribution in [0.15, 0.2) is 12.3 Å². The summed E-state index contributed by atoms with van der Waals surface area (Å²) >= 11 is 6.23. The molecule has 0 saturated carbocycles. The Morgan fingerprint density at radius 2 is 2.05 bits per heavy atom. The van der Waals surface area contributed by atoms with Gasteiger partial charge in [0.05, 0.1) is 11.6 Å². The minimum atomic E-state index is 0.0588. The molecule has 1 rings (SSSR count). The highest BCUT2D eigenvalue weighted by Crippen LogP contribution is 2.25. The van der Waals surface area contributed by atoms with Gasteiger partial charge in [-0.15, -0.1) is 0 Å². The molecule has 0 radical (unpaired) electrons. The van der Waals surface area contributed by atoms with Crippen molar-refractivity contribution in [2.45, 2.75) is 20.4 Å². The largest absolute Gasteiger partial charge is 0.349 e. The lowest BCUT2D eigenvalue weighted by atomic mass is 10.2. The lowest BCUT2D eigenvalue weighted by Crippen LogP contribution is -2.39. The molecule has 0 aliphatic heterocycles. The molecule has 6 heteroatoms. The fraction of sp³-hybridized carbons (Fsp3) is 0.538. The minimum absolute atomic E-state index is 0.0588. The fourth-order valence-corrected chi connectivity index (χ4v) is 2.18. The zero-order valence-corrected chi connectivity index (χ0v) is 12.4. The van der Waals surface area contributed by atoms with Gasteiger partial charge in [0.1, 0.15) is 5.82 Å². The monoisotopic (exact) mass is 284 g/mol. The van der Waals surface area contributed by atoms with Gasteiger partial charge in [0.2, 0.25) is 5.91 Å². The second-order valence-electron chi connectivity index (χ2n) is 4.23. The lowest BCUT2D eigenvalue weighted by molar-refractivity contribution is -0.129. The molecule has 1 heterocycles. The number of anilines is 1. The number of hydrogen-bond acceptors (Lipinski definition) is 4. The topological polar surface area (TPSA) is 62.5 Å². The Balaban J connectivity index is 2.84. The van der Waals surface area contributed by atoms with E-state index in [-0.39, 0.29) is 12.5 Å². The molecular formula is C13H21ClN4O. The Bertz CT molecular complexity index is 435. The van der Waals surface area contributed by atoms with Crippen LogP contribution in [0.5, 0.6) is 0 Å². The molecule has 0 aliphatic carbocycles. The van der Waals surface area contributed by atoms with Crippen molar-refractivity contribution in [2.75, 3.05) is 31.6 Å². The molecule has 0 atom stereocenters. The molecule has 0 unspecified atom stereocenters. The maximum Gasteiger partial charge on any atom is 0.242 e. The van der Waals surface area contributed by atoms with Crippen LogP contribution in [-0.2, 0) is 11.3 Å². The number of carbonyl (C=O) groups is 1. The minimum Gasteiger partial charge on any atom is -0.349 e. The highest BCUT2D eigenvalue weighted by molar-refractivity contribution is 6.33. The van der Waals surface area contributed by atoms with Gasteiger partial charge in [-0.25, -0.2) is 4.98 Å². The molecule has 0 aromatic carbocycles. The summed E-state index contributed by atoms with van der Waals surface area (Å²) in [5.41, 5.74) is 6.43. The molecule has 106 valence electrons. The Hall–Kier alpha value is -1.33. The molecule has 1 amide bonds. The van der Waals surface area contributed by atoms with Crippen molar-refractivity contribution in [1.29, 1.82) is 0 Å². The normalized spacial score (nSPS) is 10.4. The summed E-state index contributed by atoms with van der Waals surface area (Å²) in [5.74, 6) is 0.647. The van der Waals surface area contributed by atoms with Crippen molar-refractivity contribution in [3.8, 4) is 0 Å². The smallest absolute Gasteiger partial charge is 0.242 e. The first-order chi connectivity index (χ1) is 9.04. The highest BCUT2D eigenvalue weighted by Gasteiger charge is 2.16. The first kappa shape index (κ1) is 15.7. The molecule has 0 aliphatic rings. The third-order valence-electron chi connectivity index (χ3n) is 3.02. The summed E-state index contributed by atoms with van der Waals surface area (Å²) in [4.78, 5) is 19.8. The van der Waals surface area contributed by atoms with Crippen LogP contribution in [0.1, 0.15) is 19.4 Å². The maximum absolute atomic E-state index is 12.0. The number of likely N-dealkylation sites (N-methyl/N-ethyl adjacent to an activating group) is 2. The van der Waals surface area contributed by atoms with Gasteiger partial charge in [0.25, 0.3) is 0 Å². The number of nitrogens with two attached hydrogens (primary N) is 1. The second kappa shape index (κ2) is 7.31. The zero-order chi connectivity index (χ0) is 14.4. The van der Waals surface area contributed by atoms with Crippen molar-refractivity contribution in [1.82, 2.24) is 9.88 Å². The average Bonchev–Trinajstić information content (AvgIpc) is 2.40. The standard InChI is InChI=1S/C13H21ClN4O/c1-4-18(5-2)11(19)9-17(3)13-12(14)10(8-15)6-7-16-13/h6-7H,4-5,8-9,15H2,1-3H3. The SMILES string of the molecule is CCN(CC)C(=O)CN(C)c1nccc(CN)c1Cl. The number of halogens is 1. The van der Waals surface area contributed by atoms with E-state index in [1.54, 1.807) is 29.1 Å². The quantitative estimate of drug-likeness (QED) is 0.860. The summed E-state index contributed by atoms with van der Waals surface area (Å²) < 4.78 is 0. The predicted molar refractivity (Wildman–Crippen MR) is 78.3 cm³/mol. The highest BCUT2D eigenvalue weighted by atomic mass is 35.5. The number of rotatable bonds is 6. The molecule has 5 nitrogen and oxygen atoms in total. The van der Waals surface area contributed by atoms with E-state index < -0.39 is 0 Å². The molecule has 0 fully saturated rings. The molecule has 0 saturated heterocycles. The Morgan fingerprint density at radius 3 is 2.58 bits per heavy atom. The van der Waals surface area contributed by atoms with E-state index >= 15 is 0 Å². The molecular weight excluding hydrogens is 264 g/mol. The van der Waals surface area contributed by atoms with Crippen LogP contribution in [0.25, 0.3) is 0 Å². The fourth-order valence-electron chi connectivity index (χ4n) is 1.85. The summed E-state index contributed by atoms with van der Waals surface area (Å²) in [6, 6.07) is 1.78. The first-order valence-corrected chi connectivity index (χ1v) is 6.75. The number of carbonyl (C=O) groups excluding carboxylic acids is 1.